The summed E-state index contributed by atoms with van der Waals surface area (Å²) in [5.74, 6) is -0.481. The minimum Gasteiger partial charge on any atom is -0.480 e. The Hall–Kier alpha value is -0.940. The lowest BCUT2D eigenvalue weighted by molar-refractivity contribution is -0.144. The Labute approximate surface area is 112 Å². The van der Waals surface area contributed by atoms with E-state index in [9.17, 15) is 9.90 Å². The minimum absolute atomic E-state index is 0.141. The summed E-state index contributed by atoms with van der Waals surface area (Å²) in [7, 11) is 0. The van der Waals surface area contributed by atoms with Crippen LogP contribution in [0.25, 0.3) is 0 Å². The van der Waals surface area contributed by atoms with Crippen molar-refractivity contribution in [2.24, 2.45) is 5.92 Å². The van der Waals surface area contributed by atoms with E-state index >= 15 is 0 Å². The van der Waals surface area contributed by atoms with Crippen LogP contribution in [0.2, 0.25) is 0 Å². The summed E-state index contributed by atoms with van der Waals surface area (Å²) in [6.07, 6.45) is 0.956. The molecule has 3 unspecified atom stereocenters. The van der Waals surface area contributed by atoms with Gasteiger partial charge in [-0.25, -0.2) is 4.98 Å². The summed E-state index contributed by atoms with van der Waals surface area (Å²) in [5, 5.41) is 10.4. The van der Waals surface area contributed by atoms with Crippen molar-refractivity contribution in [3.8, 4) is 0 Å². The van der Waals surface area contributed by atoms with Crippen LogP contribution < -0.4 is 0 Å². The molecule has 1 aliphatic heterocycles. The molecule has 1 aromatic heterocycles. The first-order valence-corrected chi connectivity index (χ1v) is 7.16. The van der Waals surface area contributed by atoms with Crippen molar-refractivity contribution in [3.63, 3.8) is 0 Å². The zero-order valence-corrected chi connectivity index (χ0v) is 12.1. The molecule has 5 heteroatoms. The average molecular weight is 268 g/mol. The predicted octanol–water partition coefficient (Wildman–Crippen LogP) is 2.62. The van der Waals surface area contributed by atoms with Crippen molar-refractivity contribution in [1.29, 1.82) is 0 Å². The number of hydrogen-bond acceptors (Lipinski definition) is 4. The lowest BCUT2D eigenvalue weighted by Gasteiger charge is -2.29. The van der Waals surface area contributed by atoms with Crippen molar-refractivity contribution in [2.75, 3.05) is 6.54 Å². The highest BCUT2D eigenvalue weighted by atomic mass is 32.1. The number of nitrogens with zero attached hydrogens (tertiary/aromatic N) is 2. The van der Waals surface area contributed by atoms with Crippen molar-refractivity contribution in [3.05, 3.63) is 15.6 Å². The highest BCUT2D eigenvalue weighted by Gasteiger charge is 2.40. The number of aryl methyl sites for hydroxylation is 2. The van der Waals surface area contributed by atoms with Gasteiger partial charge in [-0.05, 0) is 39.7 Å². The van der Waals surface area contributed by atoms with Crippen LogP contribution in [0.3, 0.4) is 0 Å². The molecule has 0 aliphatic carbocycles. The zero-order chi connectivity index (χ0) is 13.4. The Balaban J connectivity index is 2.26. The summed E-state index contributed by atoms with van der Waals surface area (Å²) in [5.41, 5.74) is 1.04. The van der Waals surface area contributed by atoms with Gasteiger partial charge in [0.2, 0.25) is 0 Å². The van der Waals surface area contributed by atoms with Crippen LogP contribution in [0.4, 0.5) is 0 Å². The van der Waals surface area contributed by atoms with E-state index in [0.29, 0.717) is 0 Å². The first kappa shape index (κ1) is 13.5. The molecular formula is C13H20N2O2S. The molecule has 1 saturated heterocycles. The molecule has 100 valence electrons. The Morgan fingerprint density at radius 3 is 2.72 bits per heavy atom. The van der Waals surface area contributed by atoms with Crippen molar-refractivity contribution >= 4 is 17.3 Å². The molecule has 1 fully saturated rings. The largest absolute Gasteiger partial charge is 0.480 e. The van der Waals surface area contributed by atoms with E-state index in [2.05, 4.69) is 16.8 Å². The van der Waals surface area contributed by atoms with E-state index in [1.807, 2.05) is 20.8 Å². The maximum absolute atomic E-state index is 11.4. The highest BCUT2D eigenvalue weighted by molar-refractivity contribution is 7.11. The minimum atomic E-state index is -0.703. The van der Waals surface area contributed by atoms with Crippen molar-refractivity contribution in [2.45, 2.75) is 46.2 Å². The number of aromatic nitrogens is 1. The van der Waals surface area contributed by atoms with E-state index in [1.54, 1.807) is 11.3 Å². The van der Waals surface area contributed by atoms with Gasteiger partial charge in [0.15, 0.2) is 0 Å². The predicted molar refractivity (Wildman–Crippen MR) is 71.9 cm³/mol. The van der Waals surface area contributed by atoms with Crippen LogP contribution in [0, 0.1) is 19.8 Å². The molecule has 0 amide bonds. The number of likely N-dealkylation sites (tertiary alicyclic amines) is 1. The lowest BCUT2D eigenvalue weighted by Crippen LogP contribution is -2.40. The third-order valence-electron chi connectivity index (χ3n) is 3.81. The molecule has 0 aromatic carbocycles. The first-order valence-electron chi connectivity index (χ1n) is 6.34. The summed E-state index contributed by atoms with van der Waals surface area (Å²) >= 11 is 1.68. The lowest BCUT2D eigenvalue weighted by atomic mass is 10.0. The van der Waals surface area contributed by atoms with Crippen LogP contribution >= 0.6 is 11.3 Å². The van der Waals surface area contributed by atoms with E-state index in [0.717, 1.165) is 23.7 Å². The normalized spacial score (nSPS) is 26.4. The SMILES string of the molecule is Cc1nc(C)c(C(C)N2CCC(C)C2C(=O)O)s1. The van der Waals surface area contributed by atoms with Crippen molar-refractivity contribution < 1.29 is 9.90 Å². The molecule has 4 nitrogen and oxygen atoms in total. The maximum Gasteiger partial charge on any atom is 0.321 e. The molecule has 1 aromatic rings. The van der Waals surface area contributed by atoms with Gasteiger partial charge >= 0.3 is 5.97 Å². The Bertz CT molecular complexity index is 458. The Kier molecular flexibility index (Phi) is 3.73. The first-order chi connectivity index (χ1) is 8.41. The second kappa shape index (κ2) is 4.97. The number of hydrogen-bond donors (Lipinski definition) is 1. The summed E-state index contributed by atoms with van der Waals surface area (Å²) in [4.78, 5) is 19.1. The number of carboxylic acids is 1. The van der Waals surface area contributed by atoms with Crippen LogP contribution in [0.1, 0.15) is 41.9 Å². The van der Waals surface area contributed by atoms with Gasteiger partial charge in [0.1, 0.15) is 6.04 Å². The number of carboxylic acid groups (broad SMARTS) is 1. The van der Waals surface area contributed by atoms with Gasteiger partial charge in [-0.3, -0.25) is 9.69 Å². The monoisotopic (exact) mass is 268 g/mol. The van der Waals surface area contributed by atoms with Gasteiger partial charge in [-0.1, -0.05) is 6.92 Å². The molecule has 2 rings (SSSR count). The number of thiazole rings is 1. The summed E-state index contributed by atoms with van der Waals surface area (Å²) in [6.45, 7) is 8.97. The zero-order valence-electron chi connectivity index (χ0n) is 11.3. The van der Waals surface area contributed by atoms with E-state index < -0.39 is 5.97 Å². The molecule has 0 radical (unpaired) electrons. The van der Waals surface area contributed by atoms with Crippen molar-refractivity contribution in [1.82, 2.24) is 9.88 Å². The third-order valence-corrected chi connectivity index (χ3v) is 5.05. The Morgan fingerprint density at radius 2 is 2.22 bits per heavy atom. The molecule has 0 saturated carbocycles. The molecule has 18 heavy (non-hydrogen) atoms. The maximum atomic E-state index is 11.4. The van der Waals surface area contributed by atoms with Gasteiger partial charge in [0, 0.05) is 10.9 Å². The second-order valence-electron chi connectivity index (χ2n) is 5.15. The number of carbonyl (C=O) groups is 1. The number of rotatable bonds is 3. The molecular weight excluding hydrogens is 248 g/mol. The fourth-order valence-corrected chi connectivity index (χ4v) is 3.88. The van der Waals surface area contributed by atoms with E-state index in [1.165, 1.54) is 4.88 Å². The van der Waals surface area contributed by atoms with Crippen LogP contribution in [-0.4, -0.2) is 33.5 Å². The van der Waals surface area contributed by atoms with Gasteiger partial charge in [0.05, 0.1) is 10.7 Å². The second-order valence-corrected chi connectivity index (χ2v) is 6.38. The van der Waals surface area contributed by atoms with Crippen LogP contribution in [0.5, 0.6) is 0 Å². The van der Waals surface area contributed by atoms with Gasteiger partial charge in [-0.15, -0.1) is 11.3 Å². The fraction of sp³-hybridized carbons (Fsp3) is 0.692. The summed E-state index contributed by atoms with van der Waals surface area (Å²) < 4.78 is 0. The van der Waals surface area contributed by atoms with E-state index in [-0.39, 0.29) is 18.0 Å². The third kappa shape index (κ3) is 2.29. The quantitative estimate of drug-likeness (QED) is 0.915. The van der Waals surface area contributed by atoms with Crippen LogP contribution in [0.15, 0.2) is 0 Å². The van der Waals surface area contributed by atoms with Gasteiger partial charge < -0.3 is 5.11 Å². The highest BCUT2D eigenvalue weighted by Crippen LogP contribution is 2.36. The topological polar surface area (TPSA) is 53.4 Å². The molecule has 2 heterocycles. The number of aliphatic carboxylic acids is 1. The average Bonchev–Trinajstić information content (AvgIpc) is 2.80. The van der Waals surface area contributed by atoms with Gasteiger partial charge in [0.25, 0.3) is 0 Å². The van der Waals surface area contributed by atoms with Gasteiger partial charge in [-0.2, -0.15) is 0 Å². The molecule has 0 spiro atoms. The molecule has 3 atom stereocenters. The fourth-order valence-electron chi connectivity index (χ4n) is 2.88. The smallest absolute Gasteiger partial charge is 0.321 e. The van der Waals surface area contributed by atoms with Crippen LogP contribution in [-0.2, 0) is 4.79 Å². The molecule has 1 aliphatic rings. The summed E-state index contributed by atoms with van der Waals surface area (Å²) in [6, 6.07) is -0.218. The molecule has 0 bridgehead atoms. The Morgan fingerprint density at radius 1 is 1.56 bits per heavy atom. The molecule has 1 N–H and O–H groups in total. The van der Waals surface area contributed by atoms with E-state index in [4.69, 9.17) is 0 Å². The standard InChI is InChI=1S/C13H20N2O2S/c1-7-5-6-15(11(7)13(16)17)9(3)12-8(2)14-10(4)18-12/h7,9,11H,5-6H2,1-4H3,(H,16,17).